The van der Waals surface area contributed by atoms with E-state index < -0.39 is 16.1 Å². The van der Waals surface area contributed by atoms with Gasteiger partial charge in [0.1, 0.15) is 6.04 Å². The number of sulfonamides is 1. The van der Waals surface area contributed by atoms with Gasteiger partial charge in [-0.25, -0.2) is 8.42 Å². The van der Waals surface area contributed by atoms with E-state index in [0.717, 1.165) is 12.8 Å². The first-order valence-corrected chi connectivity index (χ1v) is 12.7. The summed E-state index contributed by atoms with van der Waals surface area (Å²) in [6.07, 6.45) is 2.18. The van der Waals surface area contributed by atoms with Crippen LogP contribution in [-0.2, 0) is 14.8 Å². The van der Waals surface area contributed by atoms with Crippen molar-refractivity contribution in [3.63, 3.8) is 0 Å². The highest BCUT2D eigenvalue weighted by Gasteiger charge is 2.33. The first-order chi connectivity index (χ1) is 15.3. The zero-order valence-corrected chi connectivity index (χ0v) is 19.5. The summed E-state index contributed by atoms with van der Waals surface area (Å²) in [6, 6.07) is 4.72. The first kappa shape index (κ1) is 22.7. The van der Waals surface area contributed by atoms with Gasteiger partial charge in [0.25, 0.3) is 5.91 Å². The number of nitrogens with one attached hydrogen (secondary N) is 1. The quantitative estimate of drug-likeness (QED) is 0.702. The minimum Gasteiger partial charge on any atom is -0.381 e. The Hall–Kier alpha value is -2.46. The molecule has 3 heterocycles. The number of hydrogen-bond acceptors (Lipinski definition) is 7. The Morgan fingerprint density at radius 2 is 2.00 bits per heavy atom. The summed E-state index contributed by atoms with van der Waals surface area (Å²) in [4.78, 5) is 17.8. The Morgan fingerprint density at radius 3 is 2.59 bits per heavy atom. The van der Waals surface area contributed by atoms with E-state index in [1.807, 2.05) is 20.8 Å². The number of amides is 1. The van der Waals surface area contributed by atoms with Crippen molar-refractivity contribution in [3.05, 3.63) is 41.0 Å². The minimum atomic E-state index is -3.27. The normalized spacial score (nSPS) is 19.9. The number of hydrogen-bond donors (Lipinski definition) is 1. The molecule has 0 bridgehead atoms. The van der Waals surface area contributed by atoms with Gasteiger partial charge < -0.3 is 14.6 Å². The second-order valence-electron chi connectivity index (χ2n) is 8.79. The molecule has 2 aliphatic rings. The molecule has 0 spiro atoms. The van der Waals surface area contributed by atoms with Gasteiger partial charge in [-0.1, -0.05) is 19.0 Å². The molecule has 32 heavy (non-hydrogen) atoms. The topological polar surface area (TPSA) is 115 Å². The van der Waals surface area contributed by atoms with E-state index in [2.05, 4.69) is 15.5 Å². The molecule has 2 aliphatic heterocycles. The van der Waals surface area contributed by atoms with Crippen molar-refractivity contribution in [2.45, 2.75) is 52.0 Å². The van der Waals surface area contributed by atoms with E-state index in [1.165, 1.54) is 4.31 Å². The number of aryl methyl sites for hydroxylation is 1. The van der Waals surface area contributed by atoms with Crippen LogP contribution in [0.4, 0.5) is 5.69 Å². The van der Waals surface area contributed by atoms with Crippen LogP contribution >= 0.6 is 0 Å². The van der Waals surface area contributed by atoms with Crippen LogP contribution in [-0.4, -0.2) is 50.0 Å². The maximum absolute atomic E-state index is 13.2. The maximum Gasteiger partial charge on any atom is 0.252 e. The van der Waals surface area contributed by atoms with Crippen LogP contribution in [0.2, 0.25) is 0 Å². The lowest BCUT2D eigenvalue weighted by atomic mass is 9.91. The third-order valence-corrected chi connectivity index (χ3v) is 7.98. The van der Waals surface area contributed by atoms with Crippen molar-refractivity contribution in [2.24, 2.45) is 5.92 Å². The molecule has 1 aromatic carbocycles. The standard InChI is InChI=1S/C22H30N4O5S/c1-14(2)20-24-22(31-25-20)19(16-7-10-30-11-8-16)23-21(27)18-6-5-17(13-15(18)3)26-9-4-12-32(26,28)29/h5-6,13-14,16,19H,4,7-12H2,1-3H3,(H,23,27). The largest absolute Gasteiger partial charge is 0.381 e. The van der Waals surface area contributed by atoms with E-state index in [-0.39, 0.29) is 23.5 Å². The molecule has 0 aliphatic carbocycles. The predicted molar refractivity (Wildman–Crippen MR) is 119 cm³/mol. The fraction of sp³-hybridized carbons (Fsp3) is 0.591. The summed E-state index contributed by atoms with van der Waals surface area (Å²) < 4.78 is 36.9. The SMILES string of the molecule is Cc1cc(N2CCCS2(=O)=O)ccc1C(=O)NC(c1nc(C(C)C)no1)C1CCOCC1. The zero-order chi connectivity index (χ0) is 22.9. The smallest absolute Gasteiger partial charge is 0.252 e. The fourth-order valence-corrected chi connectivity index (χ4v) is 5.80. The van der Waals surface area contributed by atoms with E-state index >= 15 is 0 Å². The van der Waals surface area contributed by atoms with E-state index in [9.17, 15) is 13.2 Å². The number of anilines is 1. The van der Waals surface area contributed by atoms with Crippen LogP contribution in [0.1, 0.15) is 72.7 Å². The van der Waals surface area contributed by atoms with Crippen molar-refractivity contribution in [1.82, 2.24) is 15.5 Å². The van der Waals surface area contributed by atoms with E-state index in [4.69, 9.17) is 9.26 Å². The van der Waals surface area contributed by atoms with Crippen molar-refractivity contribution in [3.8, 4) is 0 Å². The van der Waals surface area contributed by atoms with Crippen molar-refractivity contribution in [1.29, 1.82) is 0 Å². The lowest BCUT2D eigenvalue weighted by Gasteiger charge is -2.28. The van der Waals surface area contributed by atoms with Crippen molar-refractivity contribution < 1.29 is 22.5 Å². The molecule has 1 N–H and O–H groups in total. The number of nitrogens with zero attached hydrogens (tertiary/aromatic N) is 3. The summed E-state index contributed by atoms with van der Waals surface area (Å²) >= 11 is 0. The van der Waals surface area contributed by atoms with Gasteiger partial charge in [0.2, 0.25) is 15.9 Å². The number of benzene rings is 1. The highest BCUT2D eigenvalue weighted by atomic mass is 32.2. The number of aromatic nitrogens is 2. The number of carbonyl (C=O) groups excluding carboxylic acids is 1. The average molecular weight is 463 g/mol. The molecule has 4 rings (SSSR count). The van der Waals surface area contributed by atoms with Gasteiger partial charge in [0.15, 0.2) is 5.82 Å². The highest BCUT2D eigenvalue weighted by molar-refractivity contribution is 7.93. The molecule has 1 unspecified atom stereocenters. The van der Waals surface area contributed by atoms with Crippen LogP contribution in [0.5, 0.6) is 0 Å². The zero-order valence-electron chi connectivity index (χ0n) is 18.7. The van der Waals surface area contributed by atoms with Gasteiger partial charge in [-0.2, -0.15) is 4.98 Å². The van der Waals surface area contributed by atoms with Gasteiger partial charge in [-0.3, -0.25) is 9.10 Å². The molecular formula is C22H30N4O5S. The highest BCUT2D eigenvalue weighted by Crippen LogP contribution is 2.31. The van der Waals surface area contributed by atoms with Gasteiger partial charge >= 0.3 is 0 Å². The number of carbonyl (C=O) groups is 1. The monoisotopic (exact) mass is 462 g/mol. The molecule has 174 valence electrons. The predicted octanol–water partition coefficient (Wildman–Crippen LogP) is 2.94. The molecule has 1 amide bonds. The van der Waals surface area contributed by atoms with Crippen molar-refractivity contribution >= 4 is 21.6 Å². The Labute approximate surface area is 188 Å². The average Bonchev–Trinajstić information content (AvgIpc) is 3.39. The van der Waals surface area contributed by atoms with Crippen LogP contribution < -0.4 is 9.62 Å². The second kappa shape index (κ2) is 9.19. The Bertz CT molecular complexity index is 1080. The van der Waals surface area contributed by atoms with Crippen LogP contribution in [0.25, 0.3) is 0 Å². The van der Waals surface area contributed by atoms with Crippen LogP contribution in [0.15, 0.2) is 22.7 Å². The first-order valence-electron chi connectivity index (χ1n) is 11.1. The molecule has 10 heteroatoms. The molecule has 2 fully saturated rings. The third-order valence-electron chi connectivity index (χ3n) is 6.11. The Morgan fingerprint density at radius 1 is 1.25 bits per heavy atom. The van der Waals surface area contributed by atoms with E-state index in [1.54, 1.807) is 18.2 Å². The third kappa shape index (κ3) is 4.66. The summed E-state index contributed by atoms with van der Waals surface area (Å²) in [7, 11) is -3.27. The molecule has 0 saturated carbocycles. The second-order valence-corrected chi connectivity index (χ2v) is 10.8. The Kier molecular flexibility index (Phi) is 6.52. The minimum absolute atomic E-state index is 0.121. The van der Waals surface area contributed by atoms with Gasteiger partial charge in [-0.15, -0.1) is 0 Å². The Balaban J connectivity index is 1.57. The summed E-state index contributed by atoms with van der Waals surface area (Å²) in [6.45, 7) is 7.51. The number of ether oxygens (including phenoxy) is 1. The molecule has 1 atom stereocenters. The molecule has 2 saturated heterocycles. The summed E-state index contributed by atoms with van der Waals surface area (Å²) in [5, 5.41) is 7.16. The molecule has 1 aromatic heterocycles. The van der Waals surface area contributed by atoms with Crippen LogP contribution in [0, 0.1) is 12.8 Å². The summed E-state index contributed by atoms with van der Waals surface area (Å²) in [5.41, 5.74) is 1.79. The molecular weight excluding hydrogens is 432 g/mol. The molecule has 0 radical (unpaired) electrons. The van der Waals surface area contributed by atoms with Gasteiger partial charge in [0, 0.05) is 31.2 Å². The maximum atomic E-state index is 13.2. The number of rotatable bonds is 6. The van der Waals surface area contributed by atoms with Crippen molar-refractivity contribution in [2.75, 3.05) is 29.8 Å². The van der Waals surface area contributed by atoms with Gasteiger partial charge in [-0.05, 0) is 55.9 Å². The fourth-order valence-electron chi connectivity index (χ4n) is 4.24. The van der Waals surface area contributed by atoms with Gasteiger partial charge in [0.05, 0.1) is 11.4 Å². The molecule has 2 aromatic rings. The summed E-state index contributed by atoms with van der Waals surface area (Å²) in [5.74, 6) is 1.17. The lowest BCUT2D eigenvalue weighted by molar-refractivity contribution is 0.0467. The lowest BCUT2D eigenvalue weighted by Crippen LogP contribution is -2.36. The van der Waals surface area contributed by atoms with Crippen LogP contribution in [0.3, 0.4) is 0 Å². The van der Waals surface area contributed by atoms with E-state index in [0.29, 0.717) is 54.7 Å². The molecule has 9 nitrogen and oxygen atoms in total.